The van der Waals surface area contributed by atoms with Crippen molar-refractivity contribution >= 4 is 5.97 Å². The zero-order valence-corrected chi connectivity index (χ0v) is 11.7. The molecule has 2 N–H and O–H groups in total. The summed E-state index contributed by atoms with van der Waals surface area (Å²) in [6.45, 7) is 6.26. The van der Waals surface area contributed by atoms with Gasteiger partial charge in [0.1, 0.15) is 0 Å². The molecule has 1 aromatic carbocycles. The summed E-state index contributed by atoms with van der Waals surface area (Å²) in [6.07, 6.45) is 1.06. The molecule has 5 nitrogen and oxygen atoms in total. The highest BCUT2D eigenvalue weighted by atomic mass is 16.5. The smallest absolute Gasteiger partial charge is 0.336 e. The number of nitrogens with zero attached hydrogens (tertiary/aromatic N) is 1. The van der Waals surface area contributed by atoms with Crippen molar-refractivity contribution in [1.82, 2.24) is 10.2 Å². The van der Waals surface area contributed by atoms with E-state index in [1.807, 2.05) is 12.1 Å². The minimum Gasteiger partial charge on any atom is -0.478 e. The van der Waals surface area contributed by atoms with Crippen molar-refractivity contribution in [3.05, 3.63) is 35.4 Å². The van der Waals surface area contributed by atoms with Crippen molar-refractivity contribution in [3.63, 3.8) is 0 Å². The number of rotatable bonds is 7. The Morgan fingerprint density at radius 1 is 1.30 bits per heavy atom. The maximum absolute atomic E-state index is 11.1. The molecule has 1 aliphatic heterocycles. The van der Waals surface area contributed by atoms with Gasteiger partial charge in [-0.05, 0) is 31.1 Å². The molecule has 1 fully saturated rings. The van der Waals surface area contributed by atoms with Crippen molar-refractivity contribution < 1.29 is 14.6 Å². The molecule has 1 aromatic rings. The molecule has 0 bridgehead atoms. The fourth-order valence-corrected chi connectivity index (χ4v) is 2.36. The maximum Gasteiger partial charge on any atom is 0.336 e. The van der Waals surface area contributed by atoms with Crippen LogP contribution in [0.3, 0.4) is 0 Å². The Morgan fingerprint density at radius 2 is 2.05 bits per heavy atom. The maximum atomic E-state index is 11.1. The number of morpholine rings is 1. The second-order valence-corrected chi connectivity index (χ2v) is 4.95. The summed E-state index contributed by atoms with van der Waals surface area (Å²) in [5.74, 6) is -0.865. The molecule has 0 amide bonds. The fourth-order valence-electron chi connectivity index (χ4n) is 2.36. The molecule has 20 heavy (non-hydrogen) atoms. The SMILES string of the molecule is O=C(O)c1ccccc1CNCCCN1CCOCC1. The van der Waals surface area contributed by atoms with Crippen LogP contribution in [0.2, 0.25) is 0 Å². The highest BCUT2D eigenvalue weighted by Crippen LogP contribution is 2.08. The number of carbonyl (C=O) groups is 1. The van der Waals surface area contributed by atoms with Gasteiger partial charge in [0.2, 0.25) is 0 Å². The normalized spacial score (nSPS) is 16.2. The van der Waals surface area contributed by atoms with Crippen molar-refractivity contribution in [2.45, 2.75) is 13.0 Å². The van der Waals surface area contributed by atoms with Crippen LogP contribution in [0.15, 0.2) is 24.3 Å². The highest BCUT2D eigenvalue weighted by Gasteiger charge is 2.10. The van der Waals surface area contributed by atoms with Crippen molar-refractivity contribution in [2.75, 3.05) is 39.4 Å². The Morgan fingerprint density at radius 3 is 2.80 bits per heavy atom. The van der Waals surface area contributed by atoms with Crippen LogP contribution >= 0.6 is 0 Å². The van der Waals surface area contributed by atoms with Crippen LogP contribution in [-0.2, 0) is 11.3 Å². The van der Waals surface area contributed by atoms with Gasteiger partial charge in [-0.15, -0.1) is 0 Å². The van der Waals surface area contributed by atoms with Gasteiger partial charge in [-0.1, -0.05) is 18.2 Å². The van der Waals surface area contributed by atoms with Gasteiger partial charge in [-0.25, -0.2) is 4.79 Å². The third-order valence-corrected chi connectivity index (χ3v) is 3.49. The Balaban J connectivity index is 1.67. The summed E-state index contributed by atoms with van der Waals surface area (Å²) >= 11 is 0. The summed E-state index contributed by atoms with van der Waals surface area (Å²) in [6, 6.07) is 7.13. The van der Waals surface area contributed by atoms with E-state index >= 15 is 0 Å². The predicted octanol–water partition coefficient (Wildman–Crippen LogP) is 1.20. The standard InChI is InChI=1S/C15H22N2O3/c18-15(19)14-5-2-1-4-13(14)12-16-6-3-7-17-8-10-20-11-9-17/h1-2,4-5,16H,3,6-12H2,(H,18,19). The first-order valence-corrected chi connectivity index (χ1v) is 7.09. The molecule has 0 atom stereocenters. The molecule has 0 unspecified atom stereocenters. The first kappa shape index (κ1) is 15.0. The molecule has 110 valence electrons. The predicted molar refractivity (Wildman–Crippen MR) is 77.0 cm³/mol. The topological polar surface area (TPSA) is 61.8 Å². The van der Waals surface area contributed by atoms with Crippen molar-refractivity contribution in [1.29, 1.82) is 0 Å². The van der Waals surface area contributed by atoms with Gasteiger partial charge in [0.15, 0.2) is 0 Å². The summed E-state index contributed by atoms with van der Waals surface area (Å²) in [5.41, 5.74) is 1.22. The van der Waals surface area contributed by atoms with E-state index in [4.69, 9.17) is 9.84 Å². The first-order chi connectivity index (χ1) is 9.77. The van der Waals surface area contributed by atoms with Gasteiger partial charge in [-0.2, -0.15) is 0 Å². The first-order valence-electron chi connectivity index (χ1n) is 7.09. The van der Waals surface area contributed by atoms with E-state index in [0.29, 0.717) is 12.1 Å². The van der Waals surface area contributed by atoms with Gasteiger partial charge in [0.05, 0.1) is 18.8 Å². The Bertz CT molecular complexity index is 431. The molecule has 5 heteroatoms. The van der Waals surface area contributed by atoms with Crippen LogP contribution in [0.25, 0.3) is 0 Å². The van der Waals surface area contributed by atoms with Gasteiger partial charge >= 0.3 is 5.97 Å². The van der Waals surface area contributed by atoms with Crippen LogP contribution in [0, 0.1) is 0 Å². The van der Waals surface area contributed by atoms with E-state index in [2.05, 4.69) is 10.2 Å². The Labute approximate surface area is 119 Å². The quantitative estimate of drug-likeness (QED) is 0.734. The van der Waals surface area contributed by atoms with Gasteiger partial charge in [-0.3, -0.25) is 4.90 Å². The largest absolute Gasteiger partial charge is 0.478 e. The molecule has 0 radical (unpaired) electrons. The second kappa shape index (κ2) is 7.99. The lowest BCUT2D eigenvalue weighted by molar-refractivity contribution is 0.0374. The van der Waals surface area contributed by atoms with Gasteiger partial charge in [0.25, 0.3) is 0 Å². The molecule has 0 aliphatic carbocycles. The summed E-state index contributed by atoms with van der Waals surface area (Å²) in [5, 5.41) is 12.4. The molecule has 0 spiro atoms. The van der Waals surface area contributed by atoms with Crippen LogP contribution < -0.4 is 5.32 Å². The van der Waals surface area contributed by atoms with E-state index in [0.717, 1.165) is 51.4 Å². The van der Waals surface area contributed by atoms with E-state index in [1.165, 1.54) is 0 Å². The Hall–Kier alpha value is -1.43. The van der Waals surface area contributed by atoms with E-state index < -0.39 is 5.97 Å². The van der Waals surface area contributed by atoms with Crippen molar-refractivity contribution in [3.8, 4) is 0 Å². The number of hydrogen-bond donors (Lipinski definition) is 2. The zero-order chi connectivity index (χ0) is 14.2. The molecule has 0 aromatic heterocycles. The third kappa shape index (κ3) is 4.59. The van der Waals surface area contributed by atoms with E-state index in [9.17, 15) is 4.79 Å². The molecular weight excluding hydrogens is 256 g/mol. The monoisotopic (exact) mass is 278 g/mol. The highest BCUT2D eigenvalue weighted by molar-refractivity contribution is 5.89. The van der Waals surface area contributed by atoms with Crippen LogP contribution in [0.1, 0.15) is 22.3 Å². The molecule has 2 rings (SSSR count). The zero-order valence-electron chi connectivity index (χ0n) is 11.7. The number of benzene rings is 1. The number of nitrogens with one attached hydrogen (secondary N) is 1. The second-order valence-electron chi connectivity index (χ2n) is 4.95. The number of carboxylic acid groups (broad SMARTS) is 1. The van der Waals surface area contributed by atoms with E-state index in [1.54, 1.807) is 12.1 Å². The average molecular weight is 278 g/mol. The lowest BCUT2D eigenvalue weighted by atomic mass is 10.1. The molecule has 0 saturated carbocycles. The summed E-state index contributed by atoms with van der Waals surface area (Å²) < 4.78 is 5.31. The molecular formula is C15H22N2O3. The van der Waals surface area contributed by atoms with Crippen molar-refractivity contribution in [2.24, 2.45) is 0 Å². The van der Waals surface area contributed by atoms with Gasteiger partial charge < -0.3 is 15.2 Å². The van der Waals surface area contributed by atoms with E-state index in [-0.39, 0.29) is 0 Å². The lowest BCUT2D eigenvalue weighted by Crippen LogP contribution is -2.37. The Kier molecular flexibility index (Phi) is 5.98. The number of carboxylic acids is 1. The van der Waals surface area contributed by atoms with Crippen LogP contribution in [0.5, 0.6) is 0 Å². The lowest BCUT2D eigenvalue weighted by Gasteiger charge is -2.26. The minimum absolute atomic E-state index is 0.383. The summed E-state index contributed by atoms with van der Waals surface area (Å²) in [7, 11) is 0. The molecule has 1 heterocycles. The minimum atomic E-state index is -0.865. The average Bonchev–Trinajstić information content (AvgIpc) is 2.48. The number of aromatic carboxylic acids is 1. The number of hydrogen-bond acceptors (Lipinski definition) is 4. The van der Waals surface area contributed by atoms with Crippen LogP contribution in [-0.4, -0.2) is 55.4 Å². The van der Waals surface area contributed by atoms with Crippen LogP contribution in [0.4, 0.5) is 0 Å². The van der Waals surface area contributed by atoms with Gasteiger partial charge in [0, 0.05) is 19.6 Å². The number of ether oxygens (including phenoxy) is 1. The summed E-state index contributed by atoms with van der Waals surface area (Å²) in [4.78, 5) is 13.5. The molecule has 1 saturated heterocycles. The third-order valence-electron chi connectivity index (χ3n) is 3.49. The molecule has 1 aliphatic rings. The fraction of sp³-hybridized carbons (Fsp3) is 0.533.